The molecule has 0 aliphatic rings. The largest absolute Gasteiger partial charge is 0.448 e. The van der Waals surface area contributed by atoms with E-state index in [2.05, 4.69) is 5.32 Å². The summed E-state index contributed by atoms with van der Waals surface area (Å²) in [5, 5.41) is 12.4. The minimum atomic E-state index is -2.77. The number of hydrogen-bond donors (Lipinski definition) is 1. The van der Waals surface area contributed by atoms with Crippen LogP contribution in [0.2, 0.25) is 0 Å². The van der Waals surface area contributed by atoms with E-state index in [-0.39, 0.29) is 5.69 Å². The van der Waals surface area contributed by atoms with E-state index in [9.17, 15) is 19.3 Å². The SMILES string of the molecule is O=C(Nc1ccc(F)cc1)C(Cl)(Cl)[N+](=O)[O-]. The minimum Gasteiger partial charge on any atom is -0.317 e. The number of anilines is 1. The molecule has 0 fully saturated rings. The second kappa shape index (κ2) is 4.63. The molecule has 0 radical (unpaired) electrons. The van der Waals surface area contributed by atoms with Gasteiger partial charge in [0.25, 0.3) is 0 Å². The van der Waals surface area contributed by atoms with E-state index in [1.807, 2.05) is 0 Å². The lowest BCUT2D eigenvalue weighted by molar-refractivity contribution is -0.500. The first kappa shape index (κ1) is 12.7. The fourth-order valence-electron chi connectivity index (χ4n) is 0.822. The molecule has 0 aromatic heterocycles. The van der Waals surface area contributed by atoms with Gasteiger partial charge in [0.2, 0.25) is 0 Å². The highest BCUT2D eigenvalue weighted by atomic mass is 35.5. The van der Waals surface area contributed by atoms with Gasteiger partial charge >= 0.3 is 10.4 Å². The maximum absolute atomic E-state index is 12.5. The standard InChI is InChI=1S/C8H5Cl2FN2O3/c9-8(10,13(15)16)7(14)12-6-3-1-5(11)2-4-6/h1-4H,(H,12,14). The molecule has 0 heterocycles. The first-order chi connectivity index (χ1) is 7.34. The van der Waals surface area contributed by atoms with Crippen molar-refractivity contribution < 1.29 is 14.1 Å². The summed E-state index contributed by atoms with van der Waals surface area (Å²) in [6, 6.07) is 4.59. The highest BCUT2D eigenvalue weighted by molar-refractivity contribution is 6.57. The molecule has 0 spiro atoms. The number of hydrogen-bond acceptors (Lipinski definition) is 3. The van der Waals surface area contributed by atoms with E-state index in [1.54, 1.807) is 0 Å². The fourth-order valence-corrected chi connectivity index (χ4v) is 0.917. The molecule has 1 rings (SSSR count). The third-order valence-corrected chi connectivity index (χ3v) is 2.22. The van der Waals surface area contributed by atoms with Crippen LogP contribution in [-0.2, 0) is 4.79 Å². The number of nitrogens with one attached hydrogen (secondary N) is 1. The van der Waals surface area contributed by atoms with E-state index in [0.717, 1.165) is 12.1 Å². The Morgan fingerprint density at radius 2 is 1.88 bits per heavy atom. The first-order valence-electron chi connectivity index (χ1n) is 3.93. The third kappa shape index (κ3) is 2.80. The number of nitro groups is 1. The Kier molecular flexibility index (Phi) is 3.66. The fraction of sp³-hybridized carbons (Fsp3) is 0.125. The van der Waals surface area contributed by atoms with E-state index < -0.39 is 21.1 Å². The van der Waals surface area contributed by atoms with Gasteiger partial charge < -0.3 is 5.32 Å². The molecular weight excluding hydrogens is 262 g/mol. The maximum Gasteiger partial charge on any atom is 0.448 e. The summed E-state index contributed by atoms with van der Waals surface area (Å²) < 4.78 is 9.74. The Hall–Kier alpha value is -1.40. The molecule has 1 aromatic rings. The highest BCUT2D eigenvalue weighted by Crippen LogP contribution is 2.23. The smallest absolute Gasteiger partial charge is 0.317 e. The van der Waals surface area contributed by atoms with E-state index in [4.69, 9.17) is 23.2 Å². The van der Waals surface area contributed by atoms with Crippen LogP contribution in [0, 0.1) is 15.9 Å². The van der Waals surface area contributed by atoms with Gasteiger partial charge in [-0.1, -0.05) is 0 Å². The van der Waals surface area contributed by atoms with Crippen LogP contribution in [0.1, 0.15) is 0 Å². The van der Waals surface area contributed by atoms with Gasteiger partial charge in [-0.05, 0) is 47.5 Å². The Morgan fingerprint density at radius 3 is 2.31 bits per heavy atom. The Bertz CT molecular complexity index is 422. The maximum atomic E-state index is 12.5. The average molecular weight is 267 g/mol. The third-order valence-electron chi connectivity index (χ3n) is 1.60. The van der Waals surface area contributed by atoms with Gasteiger partial charge in [0.15, 0.2) is 0 Å². The molecule has 0 saturated heterocycles. The van der Waals surface area contributed by atoms with E-state index >= 15 is 0 Å². The summed E-state index contributed by atoms with van der Waals surface area (Å²) in [6.45, 7) is 0. The molecule has 0 unspecified atom stereocenters. The predicted octanol–water partition coefficient (Wildman–Crippen LogP) is 2.17. The quantitative estimate of drug-likeness (QED) is 0.395. The van der Waals surface area contributed by atoms with Crippen molar-refractivity contribution in [2.45, 2.75) is 4.46 Å². The number of alkyl halides is 2. The molecule has 5 nitrogen and oxygen atoms in total. The van der Waals surface area contributed by atoms with E-state index in [0.29, 0.717) is 0 Å². The zero-order valence-corrected chi connectivity index (χ0v) is 9.13. The molecule has 0 aliphatic heterocycles. The van der Waals surface area contributed by atoms with Crippen LogP contribution in [0.5, 0.6) is 0 Å². The highest BCUT2D eigenvalue weighted by Gasteiger charge is 2.47. The molecule has 1 N–H and O–H groups in total. The summed E-state index contributed by atoms with van der Waals surface area (Å²) in [7, 11) is 0. The number of benzene rings is 1. The van der Waals surface area contributed by atoms with Crippen molar-refractivity contribution in [1.82, 2.24) is 0 Å². The van der Waals surface area contributed by atoms with Gasteiger partial charge in [-0.3, -0.25) is 14.9 Å². The van der Waals surface area contributed by atoms with Crippen LogP contribution in [0.15, 0.2) is 24.3 Å². The summed E-state index contributed by atoms with van der Waals surface area (Å²) in [5.74, 6) is -1.72. The topological polar surface area (TPSA) is 72.2 Å². The molecule has 1 amide bonds. The van der Waals surface area contributed by atoms with Crippen LogP contribution in [-0.4, -0.2) is 15.3 Å². The van der Waals surface area contributed by atoms with Crippen molar-refractivity contribution in [3.05, 3.63) is 40.2 Å². The molecule has 8 heteroatoms. The summed E-state index contributed by atoms with van der Waals surface area (Å²) in [5.41, 5.74) is 0.152. The Balaban J connectivity index is 2.79. The number of nitrogens with zero attached hydrogens (tertiary/aromatic N) is 1. The van der Waals surface area contributed by atoms with Gasteiger partial charge in [0.1, 0.15) is 5.82 Å². The number of amides is 1. The monoisotopic (exact) mass is 266 g/mol. The zero-order chi connectivity index (χ0) is 12.3. The minimum absolute atomic E-state index is 0.152. The first-order valence-corrected chi connectivity index (χ1v) is 4.69. The molecule has 1 aromatic carbocycles. The van der Waals surface area contributed by atoms with Crippen molar-refractivity contribution in [3.63, 3.8) is 0 Å². The summed E-state index contributed by atoms with van der Waals surface area (Å²) >= 11 is 10.4. The summed E-state index contributed by atoms with van der Waals surface area (Å²) in [4.78, 5) is 20.4. The van der Waals surface area contributed by atoms with E-state index in [1.165, 1.54) is 12.1 Å². The van der Waals surface area contributed by atoms with Crippen LogP contribution >= 0.6 is 23.2 Å². The molecule has 0 aliphatic carbocycles. The van der Waals surface area contributed by atoms with Crippen molar-refractivity contribution in [3.8, 4) is 0 Å². The number of halogens is 3. The number of carbonyl (C=O) groups is 1. The van der Waals surface area contributed by atoms with Gasteiger partial charge in [-0.15, -0.1) is 0 Å². The van der Waals surface area contributed by atoms with Crippen LogP contribution in [0.4, 0.5) is 10.1 Å². The van der Waals surface area contributed by atoms with Gasteiger partial charge in [-0.25, -0.2) is 4.39 Å². The molecular formula is C8H5Cl2FN2O3. The summed E-state index contributed by atoms with van der Waals surface area (Å²) in [6.07, 6.45) is 0. The number of rotatable bonds is 3. The van der Waals surface area contributed by atoms with Crippen molar-refractivity contribution in [1.29, 1.82) is 0 Å². The molecule has 0 bridgehead atoms. The van der Waals surface area contributed by atoms with Crippen LogP contribution in [0.3, 0.4) is 0 Å². The predicted molar refractivity (Wildman–Crippen MR) is 56.5 cm³/mol. The second-order valence-corrected chi connectivity index (χ2v) is 4.05. The Labute approximate surface area is 99.3 Å². The van der Waals surface area contributed by atoms with Crippen molar-refractivity contribution >= 4 is 34.8 Å². The number of carbonyl (C=O) groups excluding carboxylic acids is 1. The lowest BCUT2D eigenvalue weighted by Crippen LogP contribution is -2.39. The lowest BCUT2D eigenvalue weighted by atomic mass is 10.3. The van der Waals surface area contributed by atoms with Gasteiger partial charge in [0, 0.05) is 5.69 Å². The lowest BCUT2D eigenvalue weighted by Gasteiger charge is -2.10. The second-order valence-electron chi connectivity index (χ2n) is 2.76. The zero-order valence-electron chi connectivity index (χ0n) is 7.62. The van der Waals surface area contributed by atoms with Crippen molar-refractivity contribution in [2.24, 2.45) is 0 Å². The van der Waals surface area contributed by atoms with Gasteiger partial charge in [-0.2, -0.15) is 0 Å². The van der Waals surface area contributed by atoms with Crippen molar-refractivity contribution in [2.75, 3.05) is 5.32 Å². The van der Waals surface area contributed by atoms with Crippen LogP contribution in [0.25, 0.3) is 0 Å². The normalized spacial score (nSPS) is 10.9. The average Bonchev–Trinajstić information content (AvgIpc) is 2.21. The molecule has 86 valence electrons. The molecule has 16 heavy (non-hydrogen) atoms. The van der Waals surface area contributed by atoms with Gasteiger partial charge in [0.05, 0.1) is 4.92 Å². The van der Waals surface area contributed by atoms with Crippen LogP contribution < -0.4 is 5.32 Å². The molecule has 0 atom stereocenters. The Morgan fingerprint density at radius 1 is 1.38 bits per heavy atom. The molecule has 0 saturated carbocycles.